The fourth-order valence-corrected chi connectivity index (χ4v) is 3.02. The van der Waals surface area contributed by atoms with Crippen molar-refractivity contribution < 1.29 is 9.90 Å². The van der Waals surface area contributed by atoms with E-state index in [2.05, 4.69) is 10.3 Å². The first-order chi connectivity index (χ1) is 9.74. The number of nitrogens with two attached hydrogens (primary N) is 1. The van der Waals surface area contributed by atoms with Gasteiger partial charge in [0.2, 0.25) is 0 Å². The lowest BCUT2D eigenvalue weighted by molar-refractivity contribution is 0.0957. The van der Waals surface area contributed by atoms with Crippen LogP contribution < -0.4 is 11.1 Å². The Morgan fingerprint density at radius 3 is 2.90 bits per heavy atom. The van der Waals surface area contributed by atoms with E-state index in [1.165, 1.54) is 11.3 Å². The van der Waals surface area contributed by atoms with Crippen LogP contribution in [-0.2, 0) is 0 Å². The Morgan fingerprint density at radius 1 is 1.35 bits per heavy atom. The fraction of sp³-hybridized carbons (Fsp3) is 0.429. The van der Waals surface area contributed by atoms with Gasteiger partial charge in [0.1, 0.15) is 4.88 Å². The number of unbranched alkanes of at least 4 members (excludes halogenated alkanes) is 3. The van der Waals surface area contributed by atoms with E-state index in [4.69, 9.17) is 10.8 Å². The van der Waals surface area contributed by atoms with Gasteiger partial charge in [-0.3, -0.25) is 9.78 Å². The maximum absolute atomic E-state index is 12.1. The lowest BCUT2D eigenvalue weighted by Crippen LogP contribution is -2.24. The molecule has 0 aliphatic rings. The Labute approximate surface area is 121 Å². The van der Waals surface area contributed by atoms with Crippen LogP contribution in [0.1, 0.15) is 35.4 Å². The summed E-state index contributed by atoms with van der Waals surface area (Å²) in [4.78, 5) is 16.7. The second-order valence-electron chi connectivity index (χ2n) is 4.61. The predicted octanol–water partition coefficient (Wildman–Crippen LogP) is 2.16. The van der Waals surface area contributed by atoms with Crippen LogP contribution in [0.25, 0.3) is 10.1 Å². The molecule has 0 aliphatic carbocycles. The molecule has 0 bridgehead atoms. The molecule has 6 heteroatoms. The Kier molecular flexibility index (Phi) is 5.31. The average molecular weight is 293 g/mol. The largest absolute Gasteiger partial charge is 0.397 e. The third kappa shape index (κ3) is 3.46. The van der Waals surface area contributed by atoms with Crippen LogP contribution in [0.5, 0.6) is 0 Å². The molecule has 2 aromatic heterocycles. The van der Waals surface area contributed by atoms with Crippen LogP contribution in [-0.4, -0.2) is 29.1 Å². The number of rotatable bonds is 7. The molecule has 0 aromatic carbocycles. The van der Waals surface area contributed by atoms with E-state index in [1.54, 1.807) is 12.4 Å². The Balaban J connectivity index is 1.89. The predicted molar refractivity (Wildman–Crippen MR) is 81.9 cm³/mol. The zero-order valence-electron chi connectivity index (χ0n) is 11.3. The summed E-state index contributed by atoms with van der Waals surface area (Å²) in [5, 5.41) is 12.4. The van der Waals surface area contributed by atoms with Gasteiger partial charge in [0.25, 0.3) is 5.91 Å². The number of aliphatic hydroxyl groups excluding tert-OH is 1. The van der Waals surface area contributed by atoms with Crippen molar-refractivity contribution in [2.45, 2.75) is 25.7 Å². The third-order valence-electron chi connectivity index (χ3n) is 3.11. The summed E-state index contributed by atoms with van der Waals surface area (Å²) < 4.78 is 0.929. The van der Waals surface area contributed by atoms with Crippen LogP contribution in [0, 0.1) is 0 Å². The first kappa shape index (κ1) is 14.7. The smallest absolute Gasteiger partial charge is 0.263 e. The Hall–Kier alpha value is -1.66. The number of anilines is 1. The highest BCUT2D eigenvalue weighted by Gasteiger charge is 2.15. The molecule has 4 N–H and O–H groups in total. The number of pyridine rings is 1. The van der Waals surface area contributed by atoms with E-state index >= 15 is 0 Å². The number of nitrogens with zero attached hydrogens (tertiary/aromatic N) is 1. The number of hydrogen-bond acceptors (Lipinski definition) is 5. The molecule has 0 atom stereocenters. The van der Waals surface area contributed by atoms with Gasteiger partial charge in [-0.05, 0) is 18.9 Å². The zero-order valence-corrected chi connectivity index (χ0v) is 12.1. The molecule has 0 saturated carbocycles. The van der Waals surface area contributed by atoms with E-state index in [9.17, 15) is 4.79 Å². The van der Waals surface area contributed by atoms with Crippen LogP contribution >= 0.6 is 11.3 Å². The topological polar surface area (TPSA) is 88.2 Å². The van der Waals surface area contributed by atoms with Gasteiger partial charge in [-0.25, -0.2) is 0 Å². The average Bonchev–Trinajstić information content (AvgIpc) is 2.80. The van der Waals surface area contributed by atoms with Crippen molar-refractivity contribution in [3.8, 4) is 0 Å². The van der Waals surface area contributed by atoms with E-state index in [0.717, 1.165) is 35.8 Å². The van der Waals surface area contributed by atoms with Gasteiger partial charge in [-0.2, -0.15) is 0 Å². The van der Waals surface area contributed by atoms with Gasteiger partial charge >= 0.3 is 0 Å². The number of nitrogens with one attached hydrogen (secondary N) is 1. The van der Waals surface area contributed by atoms with Crippen molar-refractivity contribution in [3.05, 3.63) is 23.3 Å². The van der Waals surface area contributed by atoms with E-state index in [-0.39, 0.29) is 12.5 Å². The van der Waals surface area contributed by atoms with Crippen molar-refractivity contribution in [1.82, 2.24) is 10.3 Å². The standard InChI is InChI=1S/C14H19N3O2S/c15-12-10-5-7-16-9-11(10)20-13(12)14(19)17-6-3-1-2-4-8-18/h5,7,9,18H,1-4,6,8,15H2,(H,17,19). The molecule has 1 amide bonds. The summed E-state index contributed by atoms with van der Waals surface area (Å²) in [5.41, 5.74) is 6.54. The maximum atomic E-state index is 12.1. The molecular weight excluding hydrogens is 274 g/mol. The Morgan fingerprint density at radius 2 is 2.15 bits per heavy atom. The number of carbonyl (C=O) groups is 1. The molecule has 2 heterocycles. The van der Waals surface area contributed by atoms with Gasteiger partial charge < -0.3 is 16.2 Å². The molecule has 2 rings (SSSR count). The minimum absolute atomic E-state index is 0.120. The lowest BCUT2D eigenvalue weighted by Gasteiger charge is -2.04. The molecule has 2 aromatic rings. The molecule has 0 fully saturated rings. The zero-order chi connectivity index (χ0) is 14.4. The minimum Gasteiger partial charge on any atom is -0.397 e. The summed E-state index contributed by atoms with van der Waals surface area (Å²) in [6, 6.07) is 1.83. The molecule has 0 spiro atoms. The Bertz CT molecular complexity index is 583. The van der Waals surface area contributed by atoms with Crippen LogP contribution in [0.3, 0.4) is 0 Å². The van der Waals surface area contributed by atoms with Crippen molar-refractivity contribution in [1.29, 1.82) is 0 Å². The van der Waals surface area contributed by atoms with Gasteiger partial charge in [0.15, 0.2) is 0 Å². The lowest BCUT2D eigenvalue weighted by atomic mass is 10.2. The molecule has 0 aliphatic heterocycles. The number of carbonyl (C=O) groups excluding carboxylic acids is 1. The summed E-state index contributed by atoms with van der Waals surface area (Å²) in [6.45, 7) is 0.870. The normalized spacial score (nSPS) is 10.8. The molecule has 0 unspecified atom stereocenters. The summed E-state index contributed by atoms with van der Waals surface area (Å²) in [5.74, 6) is -0.120. The second kappa shape index (κ2) is 7.21. The van der Waals surface area contributed by atoms with Gasteiger partial charge in [0, 0.05) is 30.9 Å². The van der Waals surface area contributed by atoms with Crippen LogP contribution in [0.4, 0.5) is 5.69 Å². The molecule has 108 valence electrons. The maximum Gasteiger partial charge on any atom is 0.263 e. The minimum atomic E-state index is -0.120. The number of nitrogen functional groups attached to an aromatic ring is 1. The van der Waals surface area contributed by atoms with Crippen molar-refractivity contribution >= 4 is 33.0 Å². The SMILES string of the molecule is Nc1c(C(=O)NCCCCCCO)sc2cnccc12. The van der Waals surface area contributed by atoms with Crippen LogP contribution in [0.15, 0.2) is 18.5 Å². The number of fused-ring (bicyclic) bond motifs is 1. The molecular formula is C14H19N3O2S. The van der Waals surface area contributed by atoms with Gasteiger partial charge in [-0.1, -0.05) is 12.8 Å². The van der Waals surface area contributed by atoms with Gasteiger partial charge in [0.05, 0.1) is 10.4 Å². The van der Waals surface area contributed by atoms with Crippen molar-refractivity contribution in [3.63, 3.8) is 0 Å². The number of amides is 1. The number of thiophene rings is 1. The van der Waals surface area contributed by atoms with Crippen molar-refractivity contribution in [2.75, 3.05) is 18.9 Å². The van der Waals surface area contributed by atoms with E-state index in [1.807, 2.05) is 6.07 Å². The summed E-state index contributed by atoms with van der Waals surface area (Å²) >= 11 is 1.37. The monoisotopic (exact) mass is 293 g/mol. The van der Waals surface area contributed by atoms with E-state index in [0.29, 0.717) is 17.1 Å². The summed E-state index contributed by atoms with van der Waals surface area (Å²) in [6.07, 6.45) is 7.13. The number of hydrogen-bond donors (Lipinski definition) is 3. The quantitative estimate of drug-likeness (QED) is 0.683. The molecule has 20 heavy (non-hydrogen) atoms. The highest BCUT2D eigenvalue weighted by Crippen LogP contribution is 2.32. The fourth-order valence-electron chi connectivity index (χ4n) is 2.01. The first-order valence-corrected chi connectivity index (χ1v) is 7.56. The second-order valence-corrected chi connectivity index (χ2v) is 5.66. The molecule has 0 radical (unpaired) electrons. The highest BCUT2D eigenvalue weighted by molar-refractivity contribution is 7.21. The van der Waals surface area contributed by atoms with Crippen molar-refractivity contribution in [2.24, 2.45) is 0 Å². The number of aliphatic hydroxyl groups is 1. The third-order valence-corrected chi connectivity index (χ3v) is 4.26. The molecule has 5 nitrogen and oxygen atoms in total. The first-order valence-electron chi connectivity index (χ1n) is 6.75. The van der Waals surface area contributed by atoms with Crippen LogP contribution in [0.2, 0.25) is 0 Å². The molecule has 0 saturated heterocycles. The number of aromatic nitrogens is 1. The van der Waals surface area contributed by atoms with E-state index < -0.39 is 0 Å². The highest BCUT2D eigenvalue weighted by atomic mass is 32.1. The van der Waals surface area contributed by atoms with Gasteiger partial charge in [-0.15, -0.1) is 11.3 Å². The summed E-state index contributed by atoms with van der Waals surface area (Å²) in [7, 11) is 0.